The maximum Gasteiger partial charge on any atom is 0.0636 e. The molecule has 1 rings (SSSR count). The van der Waals surface area contributed by atoms with Crippen molar-refractivity contribution in [1.29, 1.82) is 0 Å². The summed E-state index contributed by atoms with van der Waals surface area (Å²) in [6, 6.07) is 4.37. The number of aryl methyl sites for hydroxylation is 1. The minimum Gasteiger partial charge on any atom is -0.394 e. The van der Waals surface area contributed by atoms with Crippen LogP contribution in [0.5, 0.6) is 0 Å². The summed E-state index contributed by atoms with van der Waals surface area (Å²) in [4.78, 5) is 2.16. The summed E-state index contributed by atoms with van der Waals surface area (Å²) in [7, 11) is 0. The quantitative estimate of drug-likeness (QED) is 0.876. The molecule has 0 fully saturated rings. The molecular weight excluding hydrogens is 222 g/mol. The summed E-state index contributed by atoms with van der Waals surface area (Å²) < 4.78 is 0. The Kier molecular flexibility index (Phi) is 4.97. The molecule has 0 bridgehead atoms. The zero-order chi connectivity index (χ0) is 13.9. The average Bonchev–Trinajstić information content (AvgIpc) is 2.33. The van der Waals surface area contributed by atoms with E-state index in [1.807, 2.05) is 6.92 Å². The molecule has 1 aromatic rings. The van der Waals surface area contributed by atoms with Crippen molar-refractivity contribution in [3.63, 3.8) is 0 Å². The maximum absolute atomic E-state index is 9.42. The van der Waals surface area contributed by atoms with Gasteiger partial charge in [0, 0.05) is 11.9 Å². The van der Waals surface area contributed by atoms with Crippen LogP contribution >= 0.6 is 0 Å². The van der Waals surface area contributed by atoms with E-state index in [0.717, 1.165) is 0 Å². The number of allylic oxidation sites excluding steroid dienone is 1. The number of rotatable bonds is 4. The summed E-state index contributed by atoms with van der Waals surface area (Å²) in [5, 5.41) is 9.42. The molecule has 100 valence electrons. The first-order valence-corrected chi connectivity index (χ1v) is 6.49. The molecule has 0 aromatic heterocycles. The fourth-order valence-electron chi connectivity index (χ4n) is 2.02. The summed E-state index contributed by atoms with van der Waals surface area (Å²) in [5.74, 6) is 0. The first-order valence-electron chi connectivity index (χ1n) is 6.49. The van der Waals surface area contributed by atoms with Crippen molar-refractivity contribution in [3.8, 4) is 0 Å². The Balaban J connectivity index is 3.30. The maximum atomic E-state index is 9.42. The van der Waals surface area contributed by atoms with Crippen LogP contribution in [0.15, 0.2) is 23.9 Å². The third kappa shape index (κ3) is 3.14. The number of nitrogens with zero attached hydrogens (tertiary/aromatic N) is 1. The van der Waals surface area contributed by atoms with Crippen LogP contribution in [0.1, 0.15) is 37.5 Å². The van der Waals surface area contributed by atoms with E-state index in [2.05, 4.69) is 57.9 Å². The Morgan fingerprint density at radius 2 is 1.83 bits per heavy atom. The summed E-state index contributed by atoms with van der Waals surface area (Å²) in [6.45, 7) is 12.8. The monoisotopic (exact) mass is 247 g/mol. The molecular formula is C16H25NO. The molecule has 0 spiro atoms. The normalized spacial score (nSPS) is 12.2. The van der Waals surface area contributed by atoms with E-state index >= 15 is 0 Å². The SMILES string of the molecule is CC(C)=CN(c1ccc(C)c(C)c1C)[C@@H](C)CO. The van der Waals surface area contributed by atoms with E-state index in [4.69, 9.17) is 0 Å². The molecule has 0 heterocycles. The van der Waals surface area contributed by atoms with Gasteiger partial charge in [-0.2, -0.15) is 0 Å². The second-order valence-electron chi connectivity index (χ2n) is 5.30. The van der Waals surface area contributed by atoms with E-state index in [1.54, 1.807) is 0 Å². The standard InChI is InChI=1S/C16H25NO/c1-11(2)9-17(13(4)10-18)16-8-7-12(3)14(5)15(16)6/h7-9,13,18H,10H2,1-6H3/t13-/m0/s1. The molecule has 0 unspecified atom stereocenters. The van der Waals surface area contributed by atoms with Gasteiger partial charge in [0.2, 0.25) is 0 Å². The number of aliphatic hydroxyl groups is 1. The van der Waals surface area contributed by atoms with E-state index < -0.39 is 0 Å². The predicted octanol–water partition coefficient (Wildman–Crippen LogP) is 3.72. The van der Waals surface area contributed by atoms with Gasteiger partial charge in [0.25, 0.3) is 0 Å². The molecule has 0 saturated carbocycles. The van der Waals surface area contributed by atoms with Crippen LogP contribution in [0.3, 0.4) is 0 Å². The van der Waals surface area contributed by atoms with Crippen molar-refractivity contribution in [2.24, 2.45) is 0 Å². The van der Waals surface area contributed by atoms with Crippen LogP contribution in [0.2, 0.25) is 0 Å². The smallest absolute Gasteiger partial charge is 0.0636 e. The van der Waals surface area contributed by atoms with E-state index in [0.29, 0.717) is 0 Å². The van der Waals surface area contributed by atoms with Crippen LogP contribution < -0.4 is 4.90 Å². The van der Waals surface area contributed by atoms with Crippen molar-refractivity contribution in [2.75, 3.05) is 11.5 Å². The van der Waals surface area contributed by atoms with Gasteiger partial charge >= 0.3 is 0 Å². The Bertz CT molecular complexity index is 445. The minimum atomic E-state index is 0.0840. The van der Waals surface area contributed by atoms with Crippen LogP contribution in [0.4, 0.5) is 5.69 Å². The van der Waals surface area contributed by atoms with Gasteiger partial charge in [-0.1, -0.05) is 11.6 Å². The second-order valence-corrected chi connectivity index (χ2v) is 5.30. The minimum absolute atomic E-state index is 0.0840. The Morgan fingerprint density at radius 1 is 1.22 bits per heavy atom. The Morgan fingerprint density at radius 3 is 2.33 bits per heavy atom. The Hall–Kier alpha value is -1.28. The molecule has 0 amide bonds. The number of hydrogen-bond donors (Lipinski definition) is 1. The largest absolute Gasteiger partial charge is 0.394 e. The highest BCUT2D eigenvalue weighted by molar-refractivity contribution is 5.60. The number of aliphatic hydroxyl groups excluding tert-OH is 1. The highest BCUT2D eigenvalue weighted by Gasteiger charge is 2.15. The van der Waals surface area contributed by atoms with Crippen LogP contribution in [-0.4, -0.2) is 17.8 Å². The van der Waals surface area contributed by atoms with Crippen molar-refractivity contribution in [2.45, 2.75) is 47.6 Å². The lowest BCUT2D eigenvalue weighted by Gasteiger charge is -2.29. The van der Waals surface area contributed by atoms with Crippen molar-refractivity contribution in [1.82, 2.24) is 0 Å². The molecule has 0 radical (unpaired) electrons. The fraction of sp³-hybridized carbons (Fsp3) is 0.500. The summed E-state index contributed by atoms with van der Waals surface area (Å²) in [6.07, 6.45) is 2.11. The first kappa shape index (κ1) is 14.8. The average molecular weight is 247 g/mol. The highest BCUT2D eigenvalue weighted by atomic mass is 16.3. The van der Waals surface area contributed by atoms with Gasteiger partial charge < -0.3 is 10.0 Å². The molecule has 1 N–H and O–H groups in total. The molecule has 0 aliphatic carbocycles. The number of anilines is 1. The number of benzene rings is 1. The first-order chi connectivity index (χ1) is 8.38. The van der Waals surface area contributed by atoms with E-state index in [9.17, 15) is 5.11 Å². The second kappa shape index (κ2) is 6.05. The van der Waals surface area contributed by atoms with Crippen LogP contribution in [-0.2, 0) is 0 Å². The fourth-order valence-corrected chi connectivity index (χ4v) is 2.02. The van der Waals surface area contributed by atoms with Gasteiger partial charge in [0.05, 0.1) is 12.6 Å². The lowest BCUT2D eigenvalue weighted by atomic mass is 10.0. The van der Waals surface area contributed by atoms with Crippen molar-refractivity contribution in [3.05, 3.63) is 40.6 Å². The van der Waals surface area contributed by atoms with Crippen LogP contribution in [0, 0.1) is 20.8 Å². The van der Waals surface area contributed by atoms with Gasteiger partial charge in [0.15, 0.2) is 0 Å². The zero-order valence-electron chi connectivity index (χ0n) is 12.4. The lowest BCUT2D eigenvalue weighted by molar-refractivity contribution is 0.272. The van der Waals surface area contributed by atoms with Gasteiger partial charge in [0.1, 0.15) is 0 Å². The Labute approximate surface area is 111 Å². The zero-order valence-corrected chi connectivity index (χ0v) is 12.4. The van der Waals surface area contributed by atoms with Gasteiger partial charge in [-0.05, 0) is 64.3 Å². The summed E-state index contributed by atoms with van der Waals surface area (Å²) >= 11 is 0. The molecule has 0 aliphatic rings. The van der Waals surface area contributed by atoms with E-state index in [-0.39, 0.29) is 12.6 Å². The van der Waals surface area contributed by atoms with Crippen molar-refractivity contribution < 1.29 is 5.11 Å². The van der Waals surface area contributed by atoms with Crippen molar-refractivity contribution >= 4 is 5.69 Å². The lowest BCUT2D eigenvalue weighted by Crippen LogP contribution is -2.32. The van der Waals surface area contributed by atoms with Gasteiger partial charge in [-0.15, -0.1) is 0 Å². The highest BCUT2D eigenvalue weighted by Crippen LogP contribution is 2.27. The molecule has 1 atom stereocenters. The topological polar surface area (TPSA) is 23.5 Å². The predicted molar refractivity (Wildman–Crippen MR) is 79.1 cm³/mol. The van der Waals surface area contributed by atoms with Crippen LogP contribution in [0.25, 0.3) is 0 Å². The van der Waals surface area contributed by atoms with Gasteiger partial charge in [-0.3, -0.25) is 0 Å². The molecule has 2 heteroatoms. The third-order valence-corrected chi connectivity index (χ3v) is 3.44. The molecule has 0 aliphatic heterocycles. The summed E-state index contributed by atoms with van der Waals surface area (Å²) in [5.41, 5.74) is 6.33. The molecule has 1 aromatic carbocycles. The molecule has 0 saturated heterocycles. The van der Waals surface area contributed by atoms with E-state index in [1.165, 1.54) is 28.0 Å². The third-order valence-electron chi connectivity index (χ3n) is 3.44. The molecule has 2 nitrogen and oxygen atoms in total. The number of hydrogen-bond acceptors (Lipinski definition) is 2. The van der Waals surface area contributed by atoms with Gasteiger partial charge in [-0.25, -0.2) is 0 Å². The molecule has 18 heavy (non-hydrogen) atoms.